The van der Waals surface area contributed by atoms with E-state index in [1.54, 1.807) is 13.2 Å². The van der Waals surface area contributed by atoms with Gasteiger partial charge in [-0.1, -0.05) is 0 Å². The lowest BCUT2D eigenvalue weighted by Crippen LogP contribution is -2.16. The average molecular weight is 322 g/mol. The number of methoxy groups -OCH3 is 1. The van der Waals surface area contributed by atoms with Crippen molar-refractivity contribution in [2.45, 2.75) is 6.42 Å². The van der Waals surface area contributed by atoms with Gasteiger partial charge in [-0.2, -0.15) is 0 Å². The highest BCUT2D eigenvalue weighted by Gasteiger charge is 2.12. The second-order valence-electron chi connectivity index (χ2n) is 4.66. The Morgan fingerprint density at radius 3 is 2.70 bits per heavy atom. The van der Waals surface area contributed by atoms with Crippen LogP contribution in [0, 0.1) is 11.6 Å². The molecule has 1 heterocycles. The number of halogens is 2. The van der Waals surface area contributed by atoms with Crippen LogP contribution in [0.4, 0.5) is 20.3 Å². The van der Waals surface area contributed by atoms with Crippen LogP contribution in [0.1, 0.15) is 16.9 Å². The van der Waals surface area contributed by atoms with Gasteiger partial charge in [-0.3, -0.25) is 4.79 Å². The minimum absolute atomic E-state index is 0.0242. The van der Waals surface area contributed by atoms with E-state index in [0.29, 0.717) is 25.0 Å². The van der Waals surface area contributed by atoms with Crippen LogP contribution in [0.15, 0.2) is 30.3 Å². The molecule has 1 amide bonds. The standard InChI is InChI=1S/C15H16F2N4O2/c1-23-8-2-7-18-14-6-5-13(20-21-14)15(22)19-12-4-3-10(16)9-11(12)17/h3-6,9H,2,7-8H2,1H3,(H,18,21)(H,19,22). The maximum atomic E-state index is 13.5. The van der Waals surface area contributed by atoms with Crippen molar-refractivity contribution >= 4 is 17.4 Å². The first-order valence-corrected chi connectivity index (χ1v) is 6.93. The minimum atomic E-state index is -0.859. The van der Waals surface area contributed by atoms with Crippen molar-refractivity contribution in [1.29, 1.82) is 0 Å². The highest BCUT2D eigenvalue weighted by molar-refractivity contribution is 6.02. The summed E-state index contributed by atoms with van der Waals surface area (Å²) < 4.78 is 31.2. The number of hydrogen-bond donors (Lipinski definition) is 2. The summed E-state index contributed by atoms with van der Waals surface area (Å²) in [5.74, 6) is -1.69. The van der Waals surface area contributed by atoms with Gasteiger partial charge in [-0.05, 0) is 30.7 Å². The van der Waals surface area contributed by atoms with Crippen molar-refractivity contribution in [2.24, 2.45) is 0 Å². The molecule has 2 aromatic rings. The summed E-state index contributed by atoms with van der Waals surface area (Å²) in [5.41, 5.74) is -0.101. The molecule has 0 bridgehead atoms. The van der Waals surface area contributed by atoms with Crippen LogP contribution >= 0.6 is 0 Å². The summed E-state index contributed by atoms with van der Waals surface area (Å²) in [7, 11) is 1.62. The molecule has 0 aliphatic heterocycles. The van der Waals surface area contributed by atoms with E-state index in [1.807, 2.05) is 0 Å². The van der Waals surface area contributed by atoms with Gasteiger partial charge in [0.25, 0.3) is 5.91 Å². The van der Waals surface area contributed by atoms with Gasteiger partial charge in [0.1, 0.15) is 17.5 Å². The molecule has 0 unspecified atom stereocenters. The van der Waals surface area contributed by atoms with Gasteiger partial charge >= 0.3 is 0 Å². The summed E-state index contributed by atoms with van der Waals surface area (Å²) in [6.07, 6.45) is 0.810. The average Bonchev–Trinajstić information content (AvgIpc) is 2.55. The van der Waals surface area contributed by atoms with Gasteiger partial charge in [0, 0.05) is 26.3 Å². The van der Waals surface area contributed by atoms with E-state index in [-0.39, 0.29) is 11.4 Å². The van der Waals surface area contributed by atoms with Crippen LogP contribution in [0.5, 0.6) is 0 Å². The SMILES string of the molecule is COCCCNc1ccc(C(=O)Nc2ccc(F)cc2F)nn1. The van der Waals surface area contributed by atoms with Crippen molar-refractivity contribution in [2.75, 3.05) is 30.9 Å². The number of ether oxygens (including phenoxy) is 1. The number of nitrogens with zero attached hydrogens (tertiary/aromatic N) is 2. The third-order valence-electron chi connectivity index (χ3n) is 2.91. The molecule has 2 rings (SSSR count). The topological polar surface area (TPSA) is 76.1 Å². The summed E-state index contributed by atoms with van der Waals surface area (Å²) in [6, 6.07) is 5.94. The molecule has 1 aromatic carbocycles. The molecule has 0 saturated heterocycles. The van der Waals surface area contributed by atoms with E-state index in [2.05, 4.69) is 20.8 Å². The van der Waals surface area contributed by atoms with Gasteiger partial charge in [-0.25, -0.2) is 8.78 Å². The number of carbonyl (C=O) groups is 1. The van der Waals surface area contributed by atoms with Crippen LogP contribution in [-0.2, 0) is 4.74 Å². The van der Waals surface area contributed by atoms with Crippen LogP contribution in [0.25, 0.3) is 0 Å². The summed E-state index contributed by atoms with van der Waals surface area (Å²) in [6.45, 7) is 1.29. The maximum Gasteiger partial charge on any atom is 0.276 e. The first kappa shape index (κ1) is 16.8. The molecule has 0 saturated carbocycles. The molecule has 8 heteroatoms. The first-order valence-electron chi connectivity index (χ1n) is 6.93. The molecule has 122 valence electrons. The molecular formula is C15H16F2N4O2. The Morgan fingerprint density at radius 2 is 2.04 bits per heavy atom. The molecule has 0 atom stereocenters. The zero-order valence-corrected chi connectivity index (χ0v) is 12.5. The fourth-order valence-corrected chi connectivity index (χ4v) is 1.76. The van der Waals surface area contributed by atoms with E-state index in [1.165, 1.54) is 6.07 Å². The second-order valence-corrected chi connectivity index (χ2v) is 4.66. The quantitative estimate of drug-likeness (QED) is 0.766. The summed E-state index contributed by atoms with van der Waals surface area (Å²) >= 11 is 0. The number of benzene rings is 1. The Balaban J connectivity index is 1.94. The van der Waals surface area contributed by atoms with Crippen molar-refractivity contribution in [3.8, 4) is 0 Å². The third kappa shape index (κ3) is 4.96. The Morgan fingerprint density at radius 1 is 1.22 bits per heavy atom. The number of aromatic nitrogens is 2. The normalized spacial score (nSPS) is 10.4. The van der Waals surface area contributed by atoms with Gasteiger partial charge in [-0.15, -0.1) is 10.2 Å². The largest absolute Gasteiger partial charge is 0.385 e. The van der Waals surface area contributed by atoms with Crippen molar-refractivity contribution in [3.05, 3.63) is 47.7 Å². The first-order chi connectivity index (χ1) is 11.1. The highest BCUT2D eigenvalue weighted by Crippen LogP contribution is 2.15. The maximum absolute atomic E-state index is 13.5. The third-order valence-corrected chi connectivity index (χ3v) is 2.91. The molecule has 23 heavy (non-hydrogen) atoms. The number of amides is 1. The van der Waals surface area contributed by atoms with Gasteiger partial charge in [0.15, 0.2) is 5.69 Å². The Kier molecular flexibility index (Phi) is 5.93. The number of carbonyl (C=O) groups excluding carboxylic acids is 1. The van der Waals surface area contributed by atoms with Gasteiger partial charge < -0.3 is 15.4 Å². The number of nitrogens with one attached hydrogen (secondary N) is 2. The molecular weight excluding hydrogens is 306 g/mol. The van der Waals surface area contributed by atoms with Crippen molar-refractivity contribution < 1.29 is 18.3 Å². The lowest BCUT2D eigenvalue weighted by molar-refractivity contribution is 0.102. The predicted octanol–water partition coefficient (Wildman–Crippen LogP) is 2.46. The molecule has 6 nitrogen and oxygen atoms in total. The van der Waals surface area contributed by atoms with Gasteiger partial charge in [0.05, 0.1) is 5.69 Å². The smallest absolute Gasteiger partial charge is 0.276 e. The van der Waals surface area contributed by atoms with Crippen LogP contribution in [-0.4, -0.2) is 36.4 Å². The van der Waals surface area contributed by atoms with Crippen LogP contribution < -0.4 is 10.6 Å². The highest BCUT2D eigenvalue weighted by atomic mass is 19.1. The van der Waals surface area contributed by atoms with E-state index < -0.39 is 17.5 Å². The number of anilines is 2. The van der Waals surface area contributed by atoms with Crippen LogP contribution in [0.2, 0.25) is 0 Å². The fraction of sp³-hybridized carbons (Fsp3) is 0.267. The van der Waals surface area contributed by atoms with E-state index in [9.17, 15) is 13.6 Å². The molecule has 0 radical (unpaired) electrons. The zero-order valence-electron chi connectivity index (χ0n) is 12.5. The monoisotopic (exact) mass is 322 g/mol. The molecule has 0 spiro atoms. The van der Waals surface area contributed by atoms with Crippen LogP contribution in [0.3, 0.4) is 0 Å². The second kappa shape index (κ2) is 8.14. The van der Waals surface area contributed by atoms with E-state index >= 15 is 0 Å². The summed E-state index contributed by atoms with van der Waals surface area (Å²) in [4.78, 5) is 12.0. The summed E-state index contributed by atoms with van der Waals surface area (Å²) in [5, 5.41) is 13.0. The fourth-order valence-electron chi connectivity index (χ4n) is 1.76. The van der Waals surface area contributed by atoms with Crippen molar-refractivity contribution in [1.82, 2.24) is 10.2 Å². The van der Waals surface area contributed by atoms with Crippen molar-refractivity contribution in [3.63, 3.8) is 0 Å². The lowest BCUT2D eigenvalue weighted by atomic mass is 10.2. The Bertz CT molecular complexity index is 665. The molecule has 0 aliphatic rings. The van der Waals surface area contributed by atoms with Gasteiger partial charge in [0.2, 0.25) is 0 Å². The Hall–Kier alpha value is -2.61. The zero-order chi connectivity index (χ0) is 16.7. The lowest BCUT2D eigenvalue weighted by Gasteiger charge is -2.07. The number of rotatable bonds is 7. The molecule has 1 aromatic heterocycles. The molecule has 2 N–H and O–H groups in total. The Labute approximate surface area is 131 Å². The van der Waals surface area contributed by atoms with E-state index in [4.69, 9.17) is 4.74 Å². The molecule has 0 fully saturated rings. The van der Waals surface area contributed by atoms with E-state index in [0.717, 1.165) is 18.6 Å². The predicted molar refractivity (Wildman–Crippen MR) is 81.3 cm³/mol. The molecule has 0 aliphatic carbocycles. The minimum Gasteiger partial charge on any atom is -0.385 e. The number of hydrogen-bond acceptors (Lipinski definition) is 5.